The van der Waals surface area contributed by atoms with Gasteiger partial charge in [-0.25, -0.2) is 0 Å². The molecule has 0 bridgehead atoms. The van der Waals surface area contributed by atoms with Gasteiger partial charge in [0.2, 0.25) is 0 Å². The Hall–Kier alpha value is -1.12. The van der Waals surface area contributed by atoms with Gasteiger partial charge in [-0.1, -0.05) is 65.7 Å². The second kappa shape index (κ2) is 6.17. The molecule has 0 aliphatic carbocycles. The van der Waals surface area contributed by atoms with E-state index in [1.807, 2.05) is 12.1 Å². The highest BCUT2D eigenvalue weighted by molar-refractivity contribution is 9.10. The lowest BCUT2D eigenvalue weighted by atomic mass is 9.98. The van der Waals surface area contributed by atoms with Gasteiger partial charge in [-0.15, -0.1) is 0 Å². The van der Waals surface area contributed by atoms with Gasteiger partial charge in [0.05, 0.1) is 6.04 Å². The molecule has 0 aliphatic rings. The van der Waals surface area contributed by atoms with E-state index < -0.39 is 0 Å². The van der Waals surface area contributed by atoms with Crippen molar-refractivity contribution in [1.82, 2.24) is 0 Å². The standard InChI is InChI=1S/C16H18BrN/c1-2-4-12-7-9-13(10-8-12)16(18)14-5-3-6-15(17)11-14/h3,5-11,16H,2,4,18H2,1H3. The summed E-state index contributed by atoms with van der Waals surface area (Å²) in [5, 5.41) is 0. The van der Waals surface area contributed by atoms with E-state index in [1.54, 1.807) is 0 Å². The molecule has 0 aliphatic heterocycles. The predicted molar refractivity (Wildman–Crippen MR) is 80.6 cm³/mol. The van der Waals surface area contributed by atoms with Gasteiger partial charge in [-0.2, -0.15) is 0 Å². The van der Waals surface area contributed by atoms with Crippen molar-refractivity contribution in [2.24, 2.45) is 5.73 Å². The number of hydrogen-bond acceptors (Lipinski definition) is 1. The maximum atomic E-state index is 6.29. The van der Waals surface area contributed by atoms with Crippen molar-refractivity contribution >= 4 is 15.9 Å². The number of nitrogens with two attached hydrogens (primary N) is 1. The van der Waals surface area contributed by atoms with Gasteiger partial charge in [0.1, 0.15) is 0 Å². The van der Waals surface area contributed by atoms with Gasteiger partial charge in [0, 0.05) is 4.47 Å². The minimum atomic E-state index is -0.0572. The van der Waals surface area contributed by atoms with Crippen molar-refractivity contribution in [2.75, 3.05) is 0 Å². The Morgan fingerprint density at radius 3 is 2.39 bits per heavy atom. The van der Waals surface area contributed by atoms with E-state index in [4.69, 9.17) is 5.73 Å². The molecule has 0 radical (unpaired) electrons. The molecule has 2 aromatic carbocycles. The van der Waals surface area contributed by atoms with Crippen LogP contribution < -0.4 is 5.73 Å². The fraction of sp³-hybridized carbons (Fsp3) is 0.250. The first-order valence-electron chi connectivity index (χ1n) is 6.30. The highest BCUT2D eigenvalue weighted by Gasteiger charge is 2.08. The molecule has 2 rings (SSSR count). The van der Waals surface area contributed by atoms with Crippen molar-refractivity contribution in [3.8, 4) is 0 Å². The molecule has 2 heteroatoms. The molecular weight excluding hydrogens is 286 g/mol. The topological polar surface area (TPSA) is 26.0 Å². The number of hydrogen-bond donors (Lipinski definition) is 1. The minimum Gasteiger partial charge on any atom is -0.320 e. The van der Waals surface area contributed by atoms with Crippen LogP contribution in [-0.4, -0.2) is 0 Å². The largest absolute Gasteiger partial charge is 0.320 e. The van der Waals surface area contributed by atoms with Gasteiger partial charge >= 0.3 is 0 Å². The molecule has 2 aromatic rings. The van der Waals surface area contributed by atoms with Crippen LogP contribution in [-0.2, 0) is 6.42 Å². The van der Waals surface area contributed by atoms with Gasteiger partial charge in [-0.05, 0) is 35.2 Å². The van der Waals surface area contributed by atoms with Crippen molar-refractivity contribution in [3.63, 3.8) is 0 Å². The average Bonchev–Trinajstić information content (AvgIpc) is 2.39. The molecule has 18 heavy (non-hydrogen) atoms. The van der Waals surface area contributed by atoms with E-state index >= 15 is 0 Å². The van der Waals surface area contributed by atoms with Crippen LogP contribution in [0.2, 0.25) is 0 Å². The number of rotatable bonds is 4. The molecule has 0 spiro atoms. The van der Waals surface area contributed by atoms with Crippen LogP contribution in [0.4, 0.5) is 0 Å². The summed E-state index contributed by atoms with van der Waals surface area (Å²) in [7, 11) is 0. The van der Waals surface area contributed by atoms with Crippen LogP contribution in [0.1, 0.15) is 36.1 Å². The molecule has 0 saturated carbocycles. The fourth-order valence-electron chi connectivity index (χ4n) is 2.07. The third kappa shape index (κ3) is 3.21. The third-order valence-corrected chi connectivity index (χ3v) is 3.58. The smallest absolute Gasteiger partial charge is 0.0552 e. The molecule has 1 unspecified atom stereocenters. The van der Waals surface area contributed by atoms with E-state index in [0.29, 0.717) is 0 Å². The Labute approximate surface area is 117 Å². The number of halogens is 1. The lowest BCUT2D eigenvalue weighted by molar-refractivity contribution is 0.864. The zero-order chi connectivity index (χ0) is 13.0. The monoisotopic (exact) mass is 303 g/mol. The molecule has 0 saturated heterocycles. The summed E-state index contributed by atoms with van der Waals surface area (Å²) in [4.78, 5) is 0. The van der Waals surface area contributed by atoms with Crippen LogP contribution >= 0.6 is 15.9 Å². The summed E-state index contributed by atoms with van der Waals surface area (Å²) < 4.78 is 1.07. The normalized spacial score (nSPS) is 12.4. The first-order chi connectivity index (χ1) is 8.70. The Morgan fingerprint density at radius 1 is 1.06 bits per heavy atom. The van der Waals surface area contributed by atoms with Crippen LogP contribution in [0.25, 0.3) is 0 Å². The summed E-state index contributed by atoms with van der Waals surface area (Å²) in [5.74, 6) is 0. The molecule has 1 nitrogen and oxygen atoms in total. The van der Waals surface area contributed by atoms with Gasteiger partial charge in [0.25, 0.3) is 0 Å². The van der Waals surface area contributed by atoms with Crippen LogP contribution in [0.5, 0.6) is 0 Å². The first kappa shape index (κ1) is 13.3. The predicted octanol–water partition coefficient (Wildman–Crippen LogP) is 4.45. The van der Waals surface area contributed by atoms with E-state index in [1.165, 1.54) is 12.0 Å². The Morgan fingerprint density at radius 2 is 1.78 bits per heavy atom. The minimum absolute atomic E-state index is 0.0572. The highest BCUT2D eigenvalue weighted by Crippen LogP contribution is 2.22. The average molecular weight is 304 g/mol. The maximum absolute atomic E-state index is 6.29. The van der Waals surface area contributed by atoms with Gasteiger partial charge in [-0.3, -0.25) is 0 Å². The molecule has 0 aromatic heterocycles. The van der Waals surface area contributed by atoms with Crippen LogP contribution in [0.15, 0.2) is 53.0 Å². The van der Waals surface area contributed by atoms with Gasteiger partial charge in [0.15, 0.2) is 0 Å². The van der Waals surface area contributed by atoms with Crippen LogP contribution in [0, 0.1) is 0 Å². The van der Waals surface area contributed by atoms with E-state index in [0.717, 1.165) is 22.0 Å². The molecule has 0 heterocycles. The van der Waals surface area contributed by atoms with E-state index in [-0.39, 0.29) is 6.04 Å². The summed E-state index contributed by atoms with van der Waals surface area (Å²) in [6, 6.07) is 16.7. The summed E-state index contributed by atoms with van der Waals surface area (Å²) >= 11 is 3.48. The Balaban J connectivity index is 2.20. The lowest BCUT2D eigenvalue weighted by Gasteiger charge is -2.13. The van der Waals surface area contributed by atoms with E-state index in [2.05, 4.69) is 59.3 Å². The third-order valence-electron chi connectivity index (χ3n) is 3.09. The second-order valence-corrected chi connectivity index (χ2v) is 5.44. The van der Waals surface area contributed by atoms with E-state index in [9.17, 15) is 0 Å². The van der Waals surface area contributed by atoms with Crippen LogP contribution in [0.3, 0.4) is 0 Å². The van der Waals surface area contributed by atoms with Gasteiger partial charge < -0.3 is 5.73 Å². The van der Waals surface area contributed by atoms with Crippen molar-refractivity contribution in [1.29, 1.82) is 0 Å². The summed E-state index contributed by atoms with van der Waals surface area (Å²) in [6.07, 6.45) is 2.31. The Kier molecular flexibility index (Phi) is 4.56. The zero-order valence-electron chi connectivity index (χ0n) is 10.6. The fourth-order valence-corrected chi connectivity index (χ4v) is 2.49. The molecule has 0 amide bonds. The highest BCUT2D eigenvalue weighted by atomic mass is 79.9. The van der Waals surface area contributed by atoms with Crippen molar-refractivity contribution in [3.05, 3.63) is 69.7 Å². The maximum Gasteiger partial charge on any atom is 0.0552 e. The summed E-state index contributed by atoms with van der Waals surface area (Å²) in [5.41, 5.74) is 9.96. The van der Waals surface area contributed by atoms with Crippen molar-refractivity contribution in [2.45, 2.75) is 25.8 Å². The first-order valence-corrected chi connectivity index (χ1v) is 7.10. The second-order valence-electron chi connectivity index (χ2n) is 4.52. The van der Waals surface area contributed by atoms with Crippen molar-refractivity contribution < 1.29 is 0 Å². The number of aryl methyl sites for hydroxylation is 1. The SMILES string of the molecule is CCCc1ccc(C(N)c2cccc(Br)c2)cc1. The molecule has 2 N–H and O–H groups in total. The molecular formula is C16H18BrN. The molecule has 94 valence electrons. The Bertz CT molecular complexity index is 505. The molecule has 1 atom stereocenters. The zero-order valence-corrected chi connectivity index (χ0v) is 12.2. The lowest BCUT2D eigenvalue weighted by Crippen LogP contribution is -2.11. The number of benzene rings is 2. The molecule has 0 fully saturated rings. The summed E-state index contributed by atoms with van der Waals surface area (Å²) in [6.45, 7) is 2.20. The quantitative estimate of drug-likeness (QED) is 0.887.